The Balaban J connectivity index is 1.07. The molecule has 11 rings (SSSR count). The van der Waals surface area contributed by atoms with Gasteiger partial charge in [0.05, 0.1) is 0 Å². The highest BCUT2D eigenvalue weighted by atomic mass is 16.3. The molecule has 4 heteroatoms. The molecule has 9 aromatic carbocycles. The Morgan fingerprint density at radius 3 is 1.58 bits per heavy atom. The molecule has 0 spiro atoms. The largest absolute Gasteiger partial charge is 0.456 e. The minimum Gasteiger partial charge on any atom is -0.456 e. The van der Waals surface area contributed by atoms with Crippen LogP contribution in [0.1, 0.15) is 0 Å². The fourth-order valence-corrected chi connectivity index (χ4v) is 7.95. The molecule has 53 heavy (non-hydrogen) atoms. The maximum atomic E-state index is 6.33. The summed E-state index contributed by atoms with van der Waals surface area (Å²) in [4.78, 5) is 15.0. The number of fused-ring (bicyclic) bond motifs is 9. The Kier molecular flexibility index (Phi) is 6.52. The lowest BCUT2D eigenvalue weighted by Crippen LogP contribution is -2.00. The molecule has 0 fully saturated rings. The van der Waals surface area contributed by atoms with Crippen molar-refractivity contribution in [1.82, 2.24) is 15.0 Å². The summed E-state index contributed by atoms with van der Waals surface area (Å²) in [7, 11) is 0. The lowest BCUT2D eigenvalue weighted by Gasteiger charge is -2.14. The Bertz CT molecular complexity index is 3160. The van der Waals surface area contributed by atoms with Crippen molar-refractivity contribution in [2.75, 3.05) is 0 Å². The predicted octanol–water partition coefficient (Wildman–Crippen LogP) is 13.1. The van der Waals surface area contributed by atoms with Crippen molar-refractivity contribution in [2.24, 2.45) is 0 Å². The molecule has 0 unspecified atom stereocenters. The van der Waals surface area contributed by atoms with Crippen molar-refractivity contribution >= 4 is 65.0 Å². The van der Waals surface area contributed by atoms with Crippen LogP contribution in [-0.4, -0.2) is 15.0 Å². The summed E-state index contributed by atoms with van der Waals surface area (Å²) in [6.45, 7) is 0. The standard InChI is InChI=1S/C49H29N3O/c1-3-11-31(12-4-1)47-50-48(32-13-5-2-6-14-32)52-49(51-47)41-26-25-36(38-15-7-8-16-39(38)41)33-23-24-37-34(27-33)21-19-30-20-22-35-28-43-40-17-9-10-18-44(40)53-45(43)29-42(35)46(30)37/h1-29H. The van der Waals surface area contributed by atoms with E-state index in [9.17, 15) is 0 Å². The summed E-state index contributed by atoms with van der Waals surface area (Å²) < 4.78 is 6.33. The van der Waals surface area contributed by atoms with Crippen molar-refractivity contribution in [1.29, 1.82) is 0 Å². The van der Waals surface area contributed by atoms with E-state index in [2.05, 4.69) is 103 Å². The lowest BCUT2D eigenvalue weighted by atomic mass is 9.91. The maximum Gasteiger partial charge on any atom is 0.164 e. The normalized spacial score (nSPS) is 11.8. The second-order valence-electron chi connectivity index (χ2n) is 13.6. The highest BCUT2D eigenvalue weighted by molar-refractivity contribution is 6.23. The van der Waals surface area contributed by atoms with Crippen LogP contribution in [0.3, 0.4) is 0 Å². The molecule has 0 saturated carbocycles. The van der Waals surface area contributed by atoms with E-state index in [1.54, 1.807) is 0 Å². The van der Waals surface area contributed by atoms with Crippen LogP contribution in [0, 0.1) is 0 Å². The molecule has 2 heterocycles. The number of hydrogen-bond acceptors (Lipinski definition) is 4. The van der Waals surface area contributed by atoms with E-state index >= 15 is 0 Å². The summed E-state index contributed by atoms with van der Waals surface area (Å²) >= 11 is 0. The molecule has 0 radical (unpaired) electrons. The van der Waals surface area contributed by atoms with Gasteiger partial charge >= 0.3 is 0 Å². The van der Waals surface area contributed by atoms with Crippen LogP contribution in [0.4, 0.5) is 0 Å². The van der Waals surface area contributed by atoms with Crippen molar-refractivity contribution in [3.05, 3.63) is 176 Å². The zero-order valence-corrected chi connectivity index (χ0v) is 28.5. The smallest absolute Gasteiger partial charge is 0.164 e. The number of nitrogens with zero attached hydrogens (tertiary/aromatic N) is 3. The molecule has 0 bridgehead atoms. The van der Waals surface area contributed by atoms with Gasteiger partial charge in [-0.1, -0.05) is 146 Å². The third-order valence-electron chi connectivity index (χ3n) is 10.5. The highest BCUT2D eigenvalue weighted by Crippen LogP contribution is 2.40. The van der Waals surface area contributed by atoms with Crippen molar-refractivity contribution in [3.8, 4) is 45.3 Å². The van der Waals surface area contributed by atoms with Gasteiger partial charge in [-0.3, -0.25) is 0 Å². The first-order valence-electron chi connectivity index (χ1n) is 17.9. The SMILES string of the molecule is c1ccc(-c2nc(-c3ccccc3)nc(-c3ccc(-c4ccc5c(ccc6ccc7cc8c(cc7c65)oc5ccccc58)c4)c4ccccc34)n2)cc1. The van der Waals surface area contributed by atoms with Crippen LogP contribution in [0.15, 0.2) is 180 Å². The van der Waals surface area contributed by atoms with E-state index < -0.39 is 0 Å². The molecule has 4 nitrogen and oxygen atoms in total. The van der Waals surface area contributed by atoms with Crippen LogP contribution in [0.2, 0.25) is 0 Å². The van der Waals surface area contributed by atoms with Crippen LogP contribution >= 0.6 is 0 Å². The molecular formula is C49H29N3O. The van der Waals surface area contributed by atoms with E-state index in [0.717, 1.165) is 60.5 Å². The fourth-order valence-electron chi connectivity index (χ4n) is 7.95. The third kappa shape index (κ3) is 4.80. The molecule has 0 aliphatic rings. The molecule has 246 valence electrons. The monoisotopic (exact) mass is 675 g/mol. The molecule has 0 amide bonds. The summed E-state index contributed by atoms with van der Waals surface area (Å²) in [5, 5.41) is 11.8. The van der Waals surface area contributed by atoms with Crippen molar-refractivity contribution < 1.29 is 4.42 Å². The zero-order chi connectivity index (χ0) is 34.9. The molecule has 2 aromatic heterocycles. The third-order valence-corrected chi connectivity index (χ3v) is 10.5. The van der Waals surface area contributed by atoms with Crippen LogP contribution in [-0.2, 0) is 0 Å². The van der Waals surface area contributed by atoms with E-state index in [1.807, 2.05) is 72.8 Å². The lowest BCUT2D eigenvalue weighted by molar-refractivity contribution is 0.669. The van der Waals surface area contributed by atoms with Gasteiger partial charge in [-0.25, -0.2) is 15.0 Å². The number of rotatable bonds is 4. The number of para-hydroxylation sites is 1. The molecule has 0 aliphatic heterocycles. The van der Waals surface area contributed by atoms with Gasteiger partial charge in [0.2, 0.25) is 0 Å². The van der Waals surface area contributed by atoms with Crippen molar-refractivity contribution in [2.45, 2.75) is 0 Å². The Labute approximate surface area is 304 Å². The average Bonchev–Trinajstić information content (AvgIpc) is 3.60. The molecule has 0 N–H and O–H groups in total. The van der Waals surface area contributed by atoms with Crippen LogP contribution < -0.4 is 0 Å². The molecule has 11 aromatic rings. The maximum absolute atomic E-state index is 6.33. The zero-order valence-electron chi connectivity index (χ0n) is 28.5. The second kappa shape index (κ2) is 11.7. The summed E-state index contributed by atoms with van der Waals surface area (Å²) in [6.07, 6.45) is 0. The minimum absolute atomic E-state index is 0.649. The van der Waals surface area contributed by atoms with E-state index in [-0.39, 0.29) is 0 Å². The first kappa shape index (κ1) is 29.5. The van der Waals surface area contributed by atoms with E-state index in [1.165, 1.54) is 32.3 Å². The molecular weight excluding hydrogens is 647 g/mol. The Hall–Kier alpha value is -7.17. The predicted molar refractivity (Wildman–Crippen MR) is 219 cm³/mol. The van der Waals surface area contributed by atoms with Crippen LogP contribution in [0.5, 0.6) is 0 Å². The summed E-state index contributed by atoms with van der Waals surface area (Å²) in [6, 6.07) is 61.7. The van der Waals surface area contributed by atoms with Crippen molar-refractivity contribution in [3.63, 3.8) is 0 Å². The summed E-state index contributed by atoms with van der Waals surface area (Å²) in [5.41, 5.74) is 7.02. The van der Waals surface area contributed by atoms with Crippen LogP contribution in [0.25, 0.3) is 110 Å². The first-order chi connectivity index (χ1) is 26.2. The number of benzene rings is 9. The average molecular weight is 676 g/mol. The number of aromatic nitrogens is 3. The van der Waals surface area contributed by atoms with Gasteiger partial charge in [0.15, 0.2) is 17.5 Å². The summed E-state index contributed by atoms with van der Waals surface area (Å²) in [5.74, 6) is 1.95. The second-order valence-corrected chi connectivity index (χ2v) is 13.6. The van der Waals surface area contributed by atoms with Gasteiger partial charge < -0.3 is 4.42 Å². The van der Waals surface area contributed by atoms with Gasteiger partial charge in [-0.05, 0) is 84.5 Å². The molecule has 0 atom stereocenters. The Morgan fingerprint density at radius 1 is 0.302 bits per heavy atom. The quantitative estimate of drug-likeness (QED) is 0.174. The van der Waals surface area contributed by atoms with Gasteiger partial charge in [0.25, 0.3) is 0 Å². The number of hydrogen-bond donors (Lipinski definition) is 0. The van der Waals surface area contributed by atoms with Gasteiger partial charge in [0.1, 0.15) is 11.2 Å². The highest BCUT2D eigenvalue weighted by Gasteiger charge is 2.17. The van der Waals surface area contributed by atoms with E-state index in [4.69, 9.17) is 19.4 Å². The van der Waals surface area contributed by atoms with Gasteiger partial charge in [-0.2, -0.15) is 0 Å². The topological polar surface area (TPSA) is 51.8 Å². The van der Waals surface area contributed by atoms with E-state index in [0.29, 0.717) is 17.5 Å². The number of furan rings is 1. The van der Waals surface area contributed by atoms with Gasteiger partial charge in [0, 0.05) is 27.5 Å². The first-order valence-corrected chi connectivity index (χ1v) is 17.9. The van der Waals surface area contributed by atoms with Gasteiger partial charge in [-0.15, -0.1) is 0 Å². The minimum atomic E-state index is 0.649. The molecule has 0 aliphatic carbocycles. The Morgan fingerprint density at radius 2 is 0.868 bits per heavy atom. The molecule has 0 saturated heterocycles. The fraction of sp³-hybridized carbons (Fsp3) is 0.